The Hall–Kier alpha value is -1.81. The van der Waals surface area contributed by atoms with E-state index in [1.165, 1.54) is 0 Å². The molecule has 1 aliphatic heterocycles. The summed E-state index contributed by atoms with van der Waals surface area (Å²) in [7, 11) is 2.04. The molecule has 1 heterocycles. The number of carbonyl (C=O) groups excluding carboxylic acids is 1. The summed E-state index contributed by atoms with van der Waals surface area (Å²) in [5, 5.41) is 3.40. The van der Waals surface area contributed by atoms with Crippen LogP contribution in [0.2, 0.25) is 0 Å². The fourth-order valence-corrected chi connectivity index (χ4v) is 4.70. The molecule has 1 fully saturated rings. The number of hydrogen-bond donors (Lipinski definition) is 1. The quantitative estimate of drug-likeness (QED) is 0.842. The standard InChI is InChI=1S/C22H30N2O2/c1-23-19-10-12-22(13-11-19)16-24(21(25)14-17-6-2-3-7-17)15-18-8-4-5-9-20(18)26-22/h2,4-6,8-9,17,19,23H,3,7,10-16H2,1H3/t17-,19?,22?/m0/s1. The van der Waals surface area contributed by atoms with Crippen molar-refractivity contribution in [3.05, 3.63) is 42.0 Å². The average Bonchev–Trinajstić information content (AvgIpc) is 3.10. The van der Waals surface area contributed by atoms with E-state index in [0.717, 1.165) is 49.8 Å². The first-order valence-corrected chi connectivity index (χ1v) is 10.1. The van der Waals surface area contributed by atoms with E-state index in [2.05, 4.69) is 34.5 Å². The van der Waals surface area contributed by atoms with Crippen molar-refractivity contribution >= 4 is 5.91 Å². The van der Waals surface area contributed by atoms with Gasteiger partial charge in [-0.3, -0.25) is 4.79 Å². The summed E-state index contributed by atoms with van der Waals surface area (Å²) in [5.41, 5.74) is 0.900. The monoisotopic (exact) mass is 354 g/mol. The SMILES string of the molecule is CNC1CCC2(CC1)CN(C(=O)C[C@H]1C=CCC1)Cc1ccccc1O2. The molecule has 4 heteroatoms. The molecular formula is C22H30N2O2. The van der Waals surface area contributed by atoms with E-state index < -0.39 is 0 Å². The molecule has 4 nitrogen and oxygen atoms in total. The Morgan fingerprint density at radius 1 is 1.27 bits per heavy atom. The first kappa shape index (κ1) is 17.6. The summed E-state index contributed by atoms with van der Waals surface area (Å²) in [6, 6.07) is 8.81. The second-order valence-electron chi connectivity index (χ2n) is 8.18. The summed E-state index contributed by atoms with van der Waals surface area (Å²) < 4.78 is 6.59. The average molecular weight is 354 g/mol. The molecule has 1 spiro atoms. The van der Waals surface area contributed by atoms with E-state index >= 15 is 0 Å². The van der Waals surface area contributed by atoms with E-state index in [4.69, 9.17) is 4.74 Å². The van der Waals surface area contributed by atoms with Crippen molar-refractivity contribution in [1.29, 1.82) is 0 Å². The Morgan fingerprint density at radius 3 is 2.81 bits per heavy atom. The summed E-state index contributed by atoms with van der Waals surface area (Å²) in [6.45, 7) is 1.38. The molecule has 0 bridgehead atoms. The van der Waals surface area contributed by atoms with Gasteiger partial charge < -0.3 is 15.0 Å². The molecule has 0 aromatic heterocycles. The smallest absolute Gasteiger partial charge is 0.223 e. The third-order valence-electron chi connectivity index (χ3n) is 6.35. The van der Waals surface area contributed by atoms with Crippen molar-refractivity contribution in [1.82, 2.24) is 10.2 Å². The molecule has 1 saturated carbocycles. The fraction of sp³-hybridized carbons (Fsp3) is 0.591. The Kier molecular flexibility index (Phi) is 5.03. The lowest BCUT2D eigenvalue weighted by atomic mass is 9.81. The van der Waals surface area contributed by atoms with Crippen molar-refractivity contribution < 1.29 is 9.53 Å². The van der Waals surface area contributed by atoms with Crippen LogP contribution >= 0.6 is 0 Å². The van der Waals surface area contributed by atoms with Gasteiger partial charge in [0, 0.05) is 24.6 Å². The number of allylic oxidation sites excluding steroid dienone is 2. The molecule has 0 unspecified atom stereocenters. The lowest BCUT2D eigenvalue weighted by molar-refractivity contribution is -0.135. The van der Waals surface area contributed by atoms with Gasteiger partial charge in [0.15, 0.2) is 0 Å². The Bertz CT molecular complexity index is 676. The normalized spacial score (nSPS) is 30.7. The van der Waals surface area contributed by atoms with Crippen molar-refractivity contribution in [2.24, 2.45) is 5.92 Å². The second kappa shape index (κ2) is 7.43. The van der Waals surface area contributed by atoms with E-state index in [-0.39, 0.29) is 11.5 Å². The lowest BCUT2D eigenvalue weighted by Gasteiger charge is -2.41. The minimum Gasteiger partial charge on any atom is -0.485 e. The number of nitrogens with zero attached hydrogens (tertiary/aromatic N) is 1. The molecule has 2 aliphatic carbocycles. The highest BCUT2D eigenvalue weighted by atomic mass is 16.5. The number of benzene rings is 1. The third-order valence-corrected chi connectivity index (χ3v) is 6.35. The largest absolute Gasteiger partial charge is 0.485 e. The maximum absolute atomic E-state index is 13.1. The van der Waals surface area contributed by atoms with Crippen LogP contribution in [-0.2, 0) is 11.3 Å². The van der Waals surface area contributed by atoms with Crippen LogP contribution in [-0.4, -0.2) is 36.0 Å². The first-order valence-electron chi connectivity index (χ1n) is 10.1. The molecule has 1 N–H and O–H groups in total. The highest BCUT2D eigenvalue weighted by Gasteiger charge is 2.42. The summed E-state index contributed by atoms with van der Waals surface area (Å²) in [6.07, 6.45) is 11.5. The van der Waals surface area contributed by atoms with Gasteiger partial charge in [-0.2, -0.15) is 0 Å². The van der Waals surface area contributed by atoms with Gasteiger partial charge >= 0.3 is 0 Å². The minimum absolute atomic E-state index is 0.235. The highest BCUT2D eigenvalue weighted by molar-refractivity contribution is 5.77. The van der Waals surface area contributed by atoms with Crippen LogP contribution in [0.4, 0.5) is 0 Å². The van der Waals surface area contributed by atoms with Crippen molar-refractivity contribution in [3.8, 4) is 5.75 Å². The number of ether oxygens (including phenoxy) is 1. The van der Waals surface area contributed by atoms with Gasteiger partial charge in [0.25, 0.3) is 0 Å². The van der Waals surface area contributed by atoms with Crippen LogP contribution in [0.1, 0.15) is 50.5 Å². The van der Waals surface area contributed by atoms with Gasteiger partial charge in [-0.1, -0.05) is 30.4 Å². The molecule has 140 valence electrons. The third kappa shape index (κ3) is 3.66. The van der Waals surface area contributed by atoms with Crippen molar-refractivity contribution in [2.45, 2.75) is 63.1 Å². The van der Waals surface area contributed by atoms with Gasteiger partial charge in [-0.05, 0) is 57.6 Å². The number of hydrogen-bond acceptors (Lipinski definition) is 3. The van der Waals surface area contributed by atoms with Gasteiger partial charge in [-0.25, -0.2) is 0 Å². The predicted octanol–water partition coefficient (Wildman–Crippen LogP) is 3.66. The van der Waals surface area contributed by atoms with Crippen LogP contribution in [0.15, 0.2) is 36.4 Å². The Morgan fingerprint density at radius 2 is 2.08 bits per heavy atom. The number of fused-ring (bicyclic) bond motifs is 1. The second-order valence-corrected chi connectivity index (χ2v) is 8.18. The van der Waals surface area contributed by atoms with Gasteiger partial charge in [-0.15, -0.1) is 0 Å². The zero-order chi connectivity index (χ0) is 18.0. The zero-order valence-electron chi connectivity index (χ0n) is 15.7. The van der Waals surface area contributed by atoms with Gasteiger partial charge in [0.2, 0.25) is 5.91 Å². The number of rotatable bonds is 3. The number of carbonyl (C=O) groups is 1. The minimum atomic E-state index is -0.235. The van der Waals surface area contributed by atoms with E-state index in [1.807, 2.05) is 19.2 Å². The van der Waals surface area contributed by atoms with Gasteiger partial charge in [0.1, 0.15) is 11.4 Å². The predicted molar refractivity (Wildman–Crippen MR) is 103 cm³/mol. The highest BCUT2D eigenvalue weighted by Crippen LogP contribution is 2.38. The maximum Gasteiger partial charge on any atom is 0.223 e. The molecule has 0 radical (unpaired) electrons. The fourth-order valence-electron chi connectivity index (χ4n) is 4.70. The number of para-hydroxylation sites is 1. The summed E-state index contributed by atoms with van der Waals surface area (Å²) >= 11 is 0. The van der Waals surface area contributed by atoms with Crippen LogP contribution < -0.4 is 10.1 Å². The molecule has 1 aromatic rings. The lowest BCUT2D eigenvalue weighted by Crippen LogP contribution is -2.51. The van der Waals surface area contributed by atoms with Gasteiger partial charge in [0.05, 0.1) is 6.54 Å². The number of nitrogens with one attached hydrogen (secondary N) is 1. The first-order chi connectivity index (χ1) is 12.7. The molecule has 0 saturated heterocycles. The zero-order valence-corrected chi connectivity index (χ0v) is 15.7. The Labute approximate surface area is 156 Å². The van der Waals surface area contributed by atoms with Crippen LogP contribution in [0.25, 0.3) is 0 Å². The molecule has 4 rings (SSSR count). The molecule has 26 heavy (non-hydrogen) atoms. The molecular weight excluding hydrogens is 324 g/mol. The van der Waals surface area contributed by atoms with Crippen molar-refractivity contribution in [2.75, 3.05) is 13.6 Å². The molecule has 3 aliphatic rings. The van der Waals surface area contributed by atoms with E-state index in [9.17, 15) is 4.79 Å². The summed E-state index contributed by atoms with van der Waals surface area (Å²) in [4.78, 5) is 15.2. The van der Waals surface area contributed by atoms with E-state index in [0.29, 0.717) is 31.5 Å². The maximum atomic E-state index is 13.1. The van der Waals surface area contributed by atoms with Crippen LogP contribution in [0.3, 0.4) is 0 Å². The molecule has 1 aromatic carbocycles. The van der Waals surface area contributed by atoms with E-state index in [1.54, 1.807) is 0 Å². The summed E-state index contributed by atoms with van der Waals surface area (Å²) in [5.74, 6) is 1.65. The van der Waals surface area contributed by atoms with Crippen LogP contribution in [0, 0.1) is 5.92 Å². The van der Waals surface area contributed by atoms with Crippen molar-refractivity contribution in [3.63, 3.8) is 0 Å². The molecule has 1 amide bonds. The molecule has 1 atom stereocenters. The number of amides is 1. The topological polar surface area (TPSA) is 41.6 Å². The van der Waals surface area contributed by atoms with Crippen LogP contribution in [0.5, 0.6) is 5.75 Å². The Balaban J connectivity index is 1.56.